The normalized spacial score (nSPS) is 11.6. The fraction of sp³-hybridized carbons (Fsp3) is 0.500. The number of oxazole rings is 1. The lowest BCUT2D eigenvalue weighted by molar-refractivity contribution is -0.656. The fourth-order valence-corrected chi connectivity index (χ4v) is 2.28. The van der Waals surface area contributed by atoms with Crippen LogP contribution in [-0.2, 0) is 7.05 Å². The van der Waals surface area contributed by atoms with Crippen LogP contribution in [0.2, 0.25) is 0 Å². The maximum atomic E-state index is 5.41. The fourth-order valence-electron chi connectivity index (χ4n) is 2.28. The van der Waals surface area contributed by atoms with Crippen molar-refractivity contribution in [3.8, 4) is 0 Å². The first-order chi connectivity index (χ1) is 7.04. The van der Waals surface area contributed by atoms with Gasteiger partial charge in [0.1, 0.15) is 5.69 Å². The van der Waals surface area contributed by atoms with Crippen LogP contribution in [0.3, 0.4) is 0 Å². The average molecular weight is 205 g/mol. The molecule has 15 heavy (non-hydrogen) atoms. The number of fused-ring (bicyclic) bond motifs is 1. The summed E-state index contributed by atoms with van der Waals surface area (Å²) in [5.41, 5.74) is 5.66. The van der Waals surface area contributed by atoms with E-state index in [2.05, 4.69) is 37.2 Å². The number of hydrogen-bond acceptors (Lipinski definition) is 2. The third-order valence-electron chi connectivity index (χ3n) is 3.06. The van der Waals surface area contributed by atoms with E-state index in [0.29, 0.717) is 5.92 Å². The van der Waals surface area contributed by atoms with E-state index in [9.17, 15) is 0 Å². The van der Waals surface area contributed by atoms with Crippen LogP contribution in [0.5, 0.6) is 0 Å². The third kappa shape index (κ3) is 1.34. The van der Waals surface area contributed by atoms with Gasteiger partial charge in [-0.2, -0.15) is 0 Å². The molecule has 2 aromatic rings. The minimum atomic E-state index is 0.495. The predicted octanol–water partition coefficient (Wildman–Crippen LogP) is 2.39. The van der Waals surface area contributed by atoms with E-state index in [1.807, 2.05) is 7.05 Å². The van der Waals surface area contributed by atoms with E-state index in [4.69, 9.17) is 4.42 Å². The van der Waals surface area contributed by atoms with Gasteiger partial charge in [-0.1, -0.05) is 13.8 Å². The van der Waals surface area contributed by atoms with Crippen molar-refractivity contribution in [2.75, 3.05) is 0 Å². The Morgan fingerprint density at radius 3 is 2.53 bits per heavy atom. The highest BCUT2D eigenvalue weighted by Crippen LogP contribution is 2.23. The average Bonchev–Trinajstić information content (AvgIpc) is 2.62. The van der Waals surface area contributed by atoms with Gasteiger partial charge >= 0.3 is 5.65 Å². The van der Waals surface area contributed by atoms with Crippen molar-refractivity contribution in [1.29, 1.82) is 0 Å². The van der Waals surface area contributed by atoms with Gasteiger partial charge < -0.3 is 4.42 Å². The largest absolute Gasteiger partial charge is 0.417 e. The molecule has 2 heterocycles. The molecule has 0 amide bonds. The van der Waals surface area contributed by atoms with E-state index >= 15 is 0 Å². The molecule has 0 spiro atoms. The molecule has 3 nitrogen and oxygen atoms in total. The highest BCUT2D eigenvalue weighted by molar-refractivity contribution is 5.70. The van der Waals surface area contributed by atoms with Gasteiger partial charge in [-0.25, -0.2) is 4.57 Å². The molecule has 0 aliphatic heterocycles. The molecule has 0 aliphatic rings. The molecule has 0 unspecified atom stereocenters. The van der Waals surface area contributed by atoms with Gasteiger partial charge in [0.25, 0.3) is 6.39 Å². The molecule has 0 N–H and O–H groups in total. The van der Waals surface area contributed by atoms with Crippen molar-refractivity contribution in [2.45, 2.75) is 33.6 Å². The Labute approximate surface area is 89.7 Å². The van der Waals surface area contributed by atoms with Crippen LogP contribution in [0.4, 0.5) is 0 Å². The summed E-state index contributed by atoms with van der Waals surface area (Å²) in [6, 6.07) is 0. The molecular formula is C12H17N2O+. The second kappa shape index (κ2) is 3.33. The summed E-state index contributed by atoms with van der Waals surface area (Å²) in [5, 5.41) is 0. The van der Waals surface area contributed by atoms with Crippen LogP contribution in [0.1, 0.15) is 36.6 Å². The van der Waals surface area contributed by atoms with E-state index in [0.717, 1.165) is 11.2 Å². The molecular weight excluding hydrogens is 188 g/mol. The van der Waals surface area contributed by atoms with Crippen molar-refractivity contribution in [3.05, 3.63) is 23.2 Å². The van der Waals surface area contributed by atoms with Gasteiger partial charge in [0.05, 0.1) is 7.05 Å². The number of hydrogen-bond donors (Lipinski definition) is 0. The van der Waals surface area contributed by atoms with E-state index < -0.39 is 0 Å². The Morgan fingerprint density at radius 1 is 1.27 bits per heavy atom. The molecule has 0 aromatic carbocycles. The van der Waals surface area contributed by atoms with Crippen molar-refractivity contribution in [2.24, 2.45) is 7.05 Å². The quantitative estimate of drug-likeness (QED) is 0.669. The minimum Gasteiger partial charge on any atom is -0.417 e. The van der Waals surface area contributed by atoms with Gasteiger partial charge in [0.15, 0.2) is 0 Å². The lowest BCUT2D eigenvalue weighted by Crippen LogP contribution is -2.37. The van der Waals surface area contributed by atoms with E-state index in [-0.39, 0.29) is 0 Å². The topological polar surface area (TPSA) is 29.9 Å². The van der Waals surface area contributed by atoms with Gasteiger partial charge in [-0.3, -0.25) is 0 Å². The molecule has 2 rings (SSSR count). The molecule has 2 aromatic heterocycles. The Morgan fingerprint density at radius 2 is 1.93 bits per heavy atom. The third-order valence-corrected chi connectivity index (χ3v) is 3.06. The minimum absolute atomic E-state index is 0.495. The number of aromatic nitrogens is 2. The maximum Gasteiger partial charge on any atom is 0.370 e. The van der Waals surface area contributed by atoms with Crippen LogP contribution in [0.25, 0.3) is 11.2 Å². The molecule has 0 saturated heterocycles. The highest BCUT2D eigenvalue weighted by atomic mass is 16.3. The van der Waals surface area contributed by atoms with Crippen LogP contribution in [0, 0.1) is 13.8 Å². The number of pyridine rings is 1. The zero-order chi connectivity index (χ0) is 11.2. The standard InChI is InChI=1S/C12H17N2O/c1-7(2)10-8(3)9(4)11-12(14(10)5)13-6-15-11/h6-7H,1-5H3/q+1. The van der Waals surface area contributed by atoms with Crippen LogP contribution >= 0.6 is 0 Å². The molecule has 0 saturated carbocycles. The van der Waals surface area contributed by atoms with Gasteiger partial charge in [0, 0.05) is 11.5 Å². The zero-order valence-corrected chi connectivity index (χ0v) is 9.96. The first kappa shape index (κ1) is 10.1. The van der Waals surface area contributed by atoms with Crippen LogP contribution < -0.4 is 4.57 Å². The summed E-state index contributed by atoms with van der Waals surface area (Å²) in [6.45, 7) is 8.64. The summed E-state index contributed by atoms with van der Waals surface area (Å²) in [6.07, 6.45) is 1.52. The summed E-state index contributed by atoms with van der Waals surface area (Å²) in [7, 11) is 2.05. The van der Waals surface area contributed by atoms with Gasteiger partial charge in [0.2, 0.25) is 5.58 Å². The number of rotatable bonds is 1. The van der Waals surface area contributed by atoms with Crippen LogP contribution in [-0.4, -0.2) is 4.98 Å². The predicted molar refractivity (Wildman–Crippen MR) is 58.7 cm³/mol. The summed E-state index contributed by atoms with van der Waals surface area (Å²) < 4.78 is 7.54. The molecule has 0 bridgehead atoms. The van der Waals surface area contributed by atoms with Crippen molar-refractivity contribution in [1.82, 2.24) is 4.98 Å². The van der Waals surface area contributed by atoms with E-state index in [1.165, 1.54) is 23.2 Å². The SMILES string of the molecule is Cc1c(C)c2ocnc2[n+](C)c1C(C)C. The molecule has 3 heteroatoms. The lowest BCUT2D eigenvalue weighted by Gasteiger charge is -2.12. The van der Waals surface area contributed by atoms with Crippen molar-refractivity contribution in [3.63, 3.8) is 0 Å². The highest BCUT2D eigenvalue weighted by Gasteiger charge is 2.22. The van der Waals surface area contributed by atoms with E-state index in [1.54, 1.807) is 0 Å². The molecule has 0 aliphatic carbocycles. The second-order valence-electron chi connectivity index (χ2n) is 4.35. The lowest BCUT2D eigenvalue weighted by atomic mass is 10.00. The molecule has 80 valence electrons. The Bertz CT molecular complexity index is 512. The van der Waals surface area contributed by atoms with Crippen molar-refractivity contribution >= 4 is 11.2 Å². The monoisotopic (exact) mass is 205 g/mol. The number of aryl methyl sites for hydroxylation is 2. The van der Waals surface area contributed by atoms with Crippen LogP contribution in [0.15, 0.2) is 10.8 Å². The molecule has 0 fully saturated rings. The molecule has 0 radical (unpaired) electrons. The first-order valence-electron chi connectivity index (χ1n) is 5.26. The molecule has 0 atom stereocenters. The van der Waals surface area contributed by atoms with Gasteiger partial charge in [-0.15, -0.1) is 0 Å². The summed E-state index contributed by atoms with van der Waals surface area (Å²) in [4.78, 5) is 4.26. The Balaban J connectivity index is 2.92. The maximum absolute atomic E-state index is 5.41. The zero-order valence-electron chi connectivity index (χ0n) is 9.96. The Kier molecular flexibility index (Phi) is 2.25. The second-order valence-corrected chi connectivity index (χ2v) is 4.35. The summed E-state index contributed by atoms with van der Waals surface area (Å²) >= 11 is 0. The number of nitrogens with zero attached hydrogens (tertiary/aromatic N) is 2. The first-order valence-corrected chi connectivity index (χ1v) is 5.26. The summed E-state index contributed by atoms with van der Waals surface area (Å²) in [5.74, 6) is 0.495. The van der Waals surface area contributed by atoms with Crippen molar-refractivity contribution < 1.29 is 8.98 Å². The Hall–Kier alpha value is -1.38. The smallest absolute Gasteiger partial charge is 0.370 e. The van der Waals surface area contributed by atoms with Gasteiger partial charge in [-0.05, 0) is 24.4 Å².